The summed E-state index contributed by atoms with van der Waals surface area (Å²) >= 11 is 0. The monoisotopic (exact) mass is 1240 g/mol. The minimum atomic E-state index is -3.97. The molecule has 4 aromatic carbocycles. The molecular formula is C64H74F2N10O10S2. The van der Waals surface area contributed by atoms with Crippen LogP contribution < -0.4 is 30.7 Å². The molecule has 0 spiro atoms. The maximum absolute atomic E-state index is 14.3. The number of likely N-dealkylation sites (N-methyl/N-ethyl adjacent to an activating group) is 2. The number of likely N-dealkylation sites (tertiary alicyclic amines) is 2. The Bertz CT molecular complexity index is 3440. The van der Waals surface area contributed by atoms with Crippen molar-refractivity contribution in [2.24, 2.45) is 0 Å². The van der Waals surface area contributed by atoms with Crippen LogP contribution in [0.15, 0.2) is 144 Å². The lowest BCUT2D eigenvalue weighted by Gasteiger charge is -2.30. The van der Waals surface area contributed by atoms with Gasteiger partial charge in [0, 0.05) is 73.2 Å². The zero-order chi connectivity index (χ0) is 63.1. The van der Waals surface area contributed by atoms with Gasteiger partial charge in [0.2, 0.25) is 43.7 Å². The molecule has 0 aliphatic carbocycles. The van der Waals surface area contributed by atoms with Gasteiger partial charge in [0.15, 0.2) is 11.6 Å². The predicted molar refractivity (Wildman–Crippen MR) is 326 cm³/mol. The average Bonchev–Trinajstić information content (AvgIpc) is 4.11. The molecule has 8 rings (SSSR count). The number of ketones is 2. The third-order valence-corrected chi connectivity index (χ3v) is 19.0. The second kappa shape index (κ2) is 30.3. The van der Waals surface area contributed by atoms with E-state index in [9.17, 15) is 54.4 Å². The highest BCUT2D eigenvalue weighted by Crippen LogP contribution is 2.35. The number of unbranched alkanes of at least 4 members (excludes halogenated alkanes) is 2. The van der Waals surface area contributed by atoms with Gasteiger partial charge in [-0.15, -0.1) is 0 Å². The number of hydrogen-bond acceptors (Lipinski definition) is 14. The Morgan fingerprint density at radius 2 is 0.875 bits per heavy atom. The first-order chi connectivity index (χ1) is 42.2. The molecule has 24 heteroatoms. The number of halogens is 2. The summed E-state index contributed by atoms with van der Waals surface area (Å²) in [4.78, 5) is 93.3. The van der Waals surface area contributed by atoms with E-state index >= 15 is 0 Å². The summed E-state index contributed by atoms with van der Waals surface area (Å²) in [5.74, 6) is -3.02. The van der Waals surface area contributed by atoms with Crippen LogP contribution in [-0.2, 0) is 39.2 Å². The smallest absolute Gasteiger partial charge is 0.245 e. The van der Waals surface area contributed by atoms with Crippen LogP contribution in [0.25, 0.3) is 11.1 Å². The predicted octanol–water partition coefficient (Wildman–Crippen LogP) is 6.69. The van der Waals surface area contributed by atoms with Crippen LogP contribution in [0.1, 0.15) is 133 Å². The van der Waals surface area contributed by atoms with Crippen LogP contribution in [0.3, 0.4) is 0 Å². The normalized spacial score (nSPS) is 16.6. The van der Waals surface area contributed by atoms with Gasteiger partial charge in [-0.25, -0.2) is 35.1 Å². The number of benzene rings is 4. The molecule has 6 aromatic rings. The Morgan fingerprint density at radius 3 is 1.23 bits per heavy atom. The van der Waals surface area contributed by atoms with Crippen molar-refractivity contribution in [3.8, 4) is 11.1 Å². The van der Waals surface area contributed by atoms with E-state index in [4.69, 9.17) is 0 Å². The summed E-state index contributed by atoms with van der Waals surface area (Å²) in [6, 6.07) is 22.1. The van der Waals surface area contributed by atoms with Crippen molar-refractivity contribution in [3.05, 3.63) is 179 Å². The van der Waals surface area contributed by atoms with Crippen LogP contribution in [-0.4, -0.2) is 136 Å². The summed E-state index contributed by atoms with van der Waals surface area (Å²) < 4.78 is 86.2. The van der Waals surface area contributed by atoms with Crippen molar-refractivity contribution in [1.29, 1.82) is 0 Å². The number of carbonyl (C=O) groups is 6. The standard InChI is InChI=1S/C64H74F2N10O10S2/c1-41(67-3)61(79)73-55(63(81)75-33-9-13-57(75)47-35-49(39-69-37-47)59(77)45-15-23-51(65)24-16-45)11-5-7-31-71-87(83,84)53-27-19-43(20-28-53)44-21-29-54(30-22-44)88(85,86)72-32-8-6-12-56(74-62(80)42(2)68-4)64(82)76-34-10-14-58(76)48-36-50(40-70-38-48)60(78)46-17-25-52(66)26-18-46/h15-30,35-42,55-58,67-68,71-72H,5-14,31-34H2,1-4H3,(H,73,79)(H,74,80)/t41-,42-,55-,56?,57-,58-/m0/s1. The number of pyridine rings is 2. The minimum Gasteiger partial charge on any atom is -0.343 e. The van der Waals surface area contributed by atoms with Crippen molar-refractivity contribution >= 4 is 55.2 Å². The number of rotatable bonds is 29. The quantitative estimate of drug-likeness (QED) is 0.0211. The van der Waals surface area contributed by atoms with Gasteiger partial charge in [-0.2, -0.15) is 0 Å². The van der Waals surface area contributed by atoms with Gasteiger partial charge in [-0.3, -0.25) is 38.7 Å². The number of nitrogens with zero attached hydrogens (tertiary/aromatic N) is 4. The third-order valence-electron chi connectivity index (χ3n) is 16.1. The van der Waals surface area contributed by atoms with Crippen molar-refractivity contribution in [2.45, 2.75) is 124 Å². The van der Waals surface area contributed by atoms with E-state index in [0.29, 0.717) is 97.8 Å². The number of sulfonamides is 2. The van der Waals surface area contributed by atoms with Gasteiger partial charge in [-0.1, -0.05) is 24.3 Å². The van der Waals surface area contributed by atoms with Crippen molar-refractivity contribution < 1.29 is 54.4 Å². The fraction of sp³-hybridized carbons (Fsp3) is 0.375. The molecule has 0 radical (unpaired) electrons. The van der Waals surface area contributed by atoms with E-state index < -0.39 is 67.9 Å². The maximum atomic E-state index is 14.3. The molecule has 0 saturated carbocycles. The minimum absolute atomic E-state index is 0.00253. The number of nitrogens with one attached hydrogen (secondary N) is 6. The molecule has 6 N–H and O–H groups in total. The molecule has 2 saturated heterocycles. The summed E-state index contributed by atoms with van der Waals surface area (Å²) in [7, 11) is -4.69. The van der Waals surface area contributed by atoms with Crippen LogP contribution in [0, 0.1) is 11.6 Å². The molecule has 0 bridgehead atoms. The molecule has 2 fully saturated rings. The first kappa shape index (κ1) is 66.0. The van der Waals surface area contributed by atoms with Crippen molar-refractivity contribution in [3.63, 3.8) is 0 Å². The number of hydrogen-bond donors (Lipinski definition) is 6. The molecule has 2 aliphatic heterocycles. The van der Waals surface area contributed by atoms with E-state index in [1.54, 1.807) is 86.5 Å². The fourth-order valence-corrected chi connectivity index (χ4v) is 12.9. The highest BCUT2D eigenvalue weighted by atomic mass is 32.2. The van der Waals surface area contributed by atoms with Gasteiger partial charge in [0.05, 0.1) is 34.0 Å². The van der Waals surface area contributed by atoms with Crippen LogP contribution in [0.2, 0.25) is 0 Å². The van der Waals surface area contributed by atoms with E-state index in [2.05, 4.69) is 40.7 Å². The first-order valence-corrected chi connectivity index (χ1v) is 32.4. The summed E-state index contributed by atoms with van der Waals surface area (Å²) in [6.45, 7) is 4.23. The Balaban J connectivity index is 0.812. The molecule has 4 amide bonds. The number of amides is 4. The van der Waals surface area contributed by atoms with E-state index in [0.717, 1.165) is 0 Å². The highest BCUT2D eigenvalue weighted by Gasteiger charge is 2.37. The summed E-state index contributed by atoms with van der Waals surface area (Å²) in [5.41, 5.74) is 3.72. The van der Waals surface area contributed by atoms with E-state index in [-0.39, 0.29) is 82.0 Å². The lowest BCUT2D eigenvalue weighted by atomic mass is 9.99. The summed E-state index contributed by atoms with van der Waals surface area (Å²) in [5, 5.41) is 11.5. The largest absolute Gasteiger partial charge is 0.343 e. The molecule has 6 atom stereocenters. The van der Waals surface area contributed by atoms with Crippen molar-refractivity contribution in [2.75, 3.05) is 40.3 Å². The molecule has 2 aromatic heterocycles. The van der Waals surface area contributed by atoms with Gasteiger partial charge in [0.25, 0.3) is 0 Å². The Labute approximate surface area is 512 Å². The van der Waals surface area contributed by atoms with E-state index in [1.807, 2.05) is 0 Å². The first-order valence-electron chi connectivity index (χ1n) is 29.4. The third kappa shape index (κ3) is 16.8. The van der Waals surface area contributed by atoms with Gasteiger partial charge < -0.3 is 31.1 Å². The zero-order valence-corrected chi connectivity index (χ0v) is 51.1. The Morgan fingerprint density at radius 1 is 0.511 bits per heavy atom. The molecule has 88 heavy (non-hydrogen) atoms. The highest BCUT2D eigenvalue weighted by molar-refractivity contribution is 7.89. The maximum Gasteiger partial charge on any atom is 0.245 e. The lowest BCUT2D eigenvalue weighted by molar-refractivity contribution is -0.138. The second-order valence-corrected chi connectivity index (χ2v) is 25.6. The van der Waals surface area contributed by atoms with Crippen LogP contribution >= 0.6 is 0 Å². The molecule has 466 valence electrons. The second-order valence-electron chi connectivity index (χ2n) is 22.0. The SMILES string of the molecule is CN[C@@H](C)C(=O)NC(CCCCNS(=O)(=O)c1ccc(-c2ccc(S(=O)(=O)NCCCC[C@H](NC(=O)[C@H](C)NC)C(=O)N3CCC[C@H]3c3cncc(C(=O)c4ccc(F)cc4)c3)cc2)cc1)C(=O)N1CCC[C@H]1c1cncc(C(=O)c2ccc(F)cc2)c1. The Kier molecular flexibility index (Phi) is 22.7. The topological polar surface area (TPSA) is 275 Å². The summed E-state index contributed by atoms with van der Waals surface area (Å²) in [6.07, 6.45) is 10.5. The average molecular weight is 1250 g/mol. The molecule has 20 nitrogen and oxygen atoms in total. The molecule has 4 heterocycles. The van der Waals surface area contributed by atoms with Crippen LogP contribution in [0.5, 0.6) is 0 Å². The molecule has 2 aliphatic rings. The van der Waals surface area contributed by atoms with Gasteiger partial charge >= 0.3 is 0 Å². The zero-order valence-electron chi connectivity index (χ0n) is 49.5. The number of aromatic nitrogens is 2. The molecule has 1 unspecified atom stereocenters. The number of carbonyl (C=O) groups excluding carboxylic acids is 6. The Hall–Kier alpha value is -8.00. The van der Waals surface area contributed by atoms with Crippen LogP contribution in [0.4, 0.5) is 8.78 Å². The van der Waals surface area contributed by atoms with Crippen molar-refractivity contribution in [1.82, 2.24) is 50.5 Å². The van der Waals surface area contributed by atoms with Gasteiger partial charge in [0.1, 0.15) is 23.7 Å². The van der Waals surface area contributed by atoms with Gasteiger partial charge in [-0.05, 0) is 199 Å². The fourth-order valence-electron chi connectivity index (χ4n) is 10.8. The lowest BCUT2D eigenvalue weighted by Crippen LogP contribution is -2.52. The van der Waals surface area contributed by atoms with E-state index in [1.165, 1.54) is 85.2 Å². The molecular weight excluding hydrogens is 1170 g/mol.